The molecule has 0 unspecified atom stereocenters. The van der Waals surface area contributed by atoms with Crippen LogP contribution in [0.25, 0.3) is 0 Å². The molecule has 1 saturated heterocycles. The first-order valence-corrected chi connectivity index (χ1v) is 22.5. The van der Waals surface area contributed by atoms with Gasteiger partial charge in [-0.15, -0.1) is 0 Å². The van der Waals surface area contributed by atoms with Crippen molar-refractivity contribution >= 4 is 46.9 Å². The predicted octanol–water partition coefficient (Wildman–Crippen LogP) is 7.98. The highest BCUT2D eigenvalue weighted by molar-refractivity contribution is 6.85. The Kier molecular flexibility index (Phi) is 11.2. The minimum Gasteiger partial charge on any atom is -0.429 e. The summed E-state index contributed by atoms with van der Waals surface area (Å²) in [6.45, 7) is 40.4. The van der Waals surface area contributed by atoms with Crippen molar-refractivity contribution in [2.75, 3.05) is 0 Å². The van der Waals surface area contributed by atoms with Crippen LogP contribution in [0.1, 0.15) is 83.1 Å². The third-order valence-electron chi connectivity index (χ3n) is 10.8. The maximum atomic E-state index is 6.65. The van der Waals surface area contributed by atoms with E-state index in [4.69, 9.17) is 26.7 Å². The van der Waals surface area contributed by atoms with Gasteiger partial charge in [-0.2, -0.15) is 0 Å². The summed E-state index contributed by atoms with van der Waals surface area (Å²) >= 11 is 0. The van der Waals surface area contributed by atoms with Crippen molar-refractivity contribution < 1.29 is 26.7 Å². The normalized spacial score (nSPS) is 17.8. The van der Waals surface area contributed by atoms with Crippen molar-refractivity contribution in [3.05, 3.63) is 0 Å². The Hall–Kier alpha value is 0.605. The molecule has 36 heavy (non-hydrogen) atoms. The molecule has 0 bridgehead atoms. The van der Waals surface area contributed by atoms with E-state index >= 15 is 0 Å². The molecule has 0 N–H and O–H groups in total. The SMILES string of the molecule is CC(C)C(C)(C)[Si](C)(C)OB1OB(O[Si](C)(C)C(C)(C)C(C)C)OB(O[Si](C)(C)C(C)(C)C(C)C)O1. The first-order valence-electron chi connectivity index (χ1n) is 13.8. The van der Waals surface area contributed by atoms with Crippen LogP contribution in [0.3, 0.4) is 0 Å². The first kappa shape index (κ1) is 34.6. The zero-order valence-corrected chi connectivity index (χ0v) is 29.9. The number of rotatable bonds is 12. The Morgan fingerprint density at radius 2 is 0.611 bits per heavy atom. The second kappa shape index (κ2) is 11.6. The van der Waals surface area contributed by atoms with Crippen molar-refractivity contribution in [2.45, 2.75) is 137 Å². The largest absolute Gasteiger partial charge is 0.604 e. The summed E-state index contributed by atoms with van der Waals surface area (Å²) in [5, 5.41) is 0.0180. The van der Waals surface area contributed by atoms with Crippen molar-refractivity contribution in [3.63, 3.8) is 0 Å². The van der Waals surface area contributed by atoms with Gasteiger partial charge in [0.05, 0.1) is 0 Å². The molecular formula is C24H57B3O6Si3. The average Bonchev–Trinajstić information content (AvgIpc) is 2.65. The molecule has 0 aromatic carbocycles. The minimum absolute atomic E-state index is 0.00599. The van der Waals surface area contributed by atoms with Gasteiger partial charge in [-0.1, -0.05) is 83.1 Å². The van der Waals surface area contributed by atoms with Crippen molar-refractivity contribution in [1.29, 1.82) is 0 Å². The van der Waals surface area contributed by atoms with Crippen LogP contribution in [-0.2, 0) is 26.7 Å². The molecule has 1 aliphatic rings. The van der Waals surface area contributed by atoms with E-state index in [2.05, 4.69) is 122 Å². The van der Waals surface area contributed by atoms with Gasteiger partial charge in [-0.3, -0.25) is 0 Å². The molecule has 0 radical (unpaired) electrons. The molecule has 6 nitrogen and oxygen atoms in total. The molecule has 0 aliphatic carbocycles. The molecule has 1 fully saturated rings. The molecule has 12 heteroatoms. The standard InChI is InChI=1S/C24H57B3O6Si3/c1-19(2)22(7,8)34(13,14)31-25-28-26(32-35(15,16)23(9,10)20(3)4)30-27(29-25)33-36(17,18)24(11,12)21(5)6/h19-21H,1-18H3. The molecule has 1 heterocycles. The van der Waals surface area contributed by atoms with Gasteiger partial charge in [0.1, 0.15) is 0 Å². The molecule has 1 aliphatic heterocycles. The second-order valence-electron chi connectivity index (χ2n) is 14.8. The van der Waals surface area contributed by atoms with Gasteiger partial charge >= 0.3 is 22.0 Å². The van der Waals surface area contributed by atoms with Crippen LogP contribution in [0.5, 0.6) is 0 Å². The fraction of sp³-hybridized carbons (Fsp3) is 1.00. The summed E-state index contributed by atoms with van der Waals surface area (Å²) in [5.41, 5.74) is 0. The van der Waals surface area contributed by atoms with Gasteiger partial charge in [-0.05, 0) is 72.2 Å². The van der Waals surface area contributed by atoms with Gasteiger partial charge in [0, 0.05) is 0 Å². The Morgan fingerprint density at radius 1 is 0.444 bits per heavy atom. The highest BCUT2D eigenvalue weighted by atomic mass is 28.4. The predicted molar refractivity (Wildman–Crippen MR) is 163 cm³/mol. The summed E-state index contributed by atoms with van der Waals surface area (Å²) in [5.74, 6) is 1.36. The van der Waals surface area contributed by atoms with Gasteiger partial charge in [0.2, 0.25) is 0 Å². The minimum atomic E-state index is -2.26. The van der Waals surface area contributed by atoms with Crippen LogP contribution in [0.15, 0.2) is 0 Å². The number of hydrogen-bond donors (Lipinski definition) is 0. The van der Waals surface area contributed by atoms with E-state index in [-0.39, 0.29) is 15.1 Å². The fourth-order valence-corrected chi connectivity index (χ4v) is 10.7. The third kappa shape index (κ3) is 7.41. The molecule has 0 atom stereocenters. The summed E-state index contributed by atoms with van der Waals surface area (Å²) in [6, 6.07) is 0. The van der Waals surface area contributed by atoms with Crippen LogP contribution in [0.2, 0.25) is 54.4 Å². The lowest BCUT2D eigenvalue weighted by atomic mass is 9.98. The van der Waals surface area contributed by atoms with E-state index in [0.29, 0.717) is 17.8 Å². The third-order valence-corrected chi connectivity index (χ3v) is 24.2. The van der Waals surface area contributed by atoms with Crippen LogP contribution in [0, 0.1) is 17.8 Å². The van der Waals surface area contributed by atoms with Crippen molar-refractivity contribution in [1.82, 2.24) is 0 Å². The highest BCUT2D eigenvalue weighted by Gasteiger charge is 2.57. The average molecular weight is 558 g/mol. The molecule has 0 aromatic heterocycles. The molecule has 0 amide bonds. The highest BCUT2D eigenvalue weighted by Crippen LogP contribution is 2.48. The van der Waals surface area contributed by atoms with E-state index in [0.717, 1.165) is 0 Å². The summed E-state index contributed by atoms with van der Waals surface area (Å²) in [6.07, 6.45) is 0. The van der Waals surface area contributed by atoms with E-state index in [9.17, 15) is 0 Å². The lowest BCUT2D eigenvalue weighted by molar-refractivity contribution is 0.133. The molecule has 1 rings (SSSR count). The number of hydrogen-bond acceptors (Lipinski definition) is 6. The fourth-order valence-electron chi connectivity index (χ4n) is 3.80. The van der Waals surface area contributed by atoms with E-state index < -0.39 is 46.9 Å². The smallest absolute Gasteiger partial charge is 0.429 e. The molecule has 0 spiro atoms. The molecule has 0 aromatic rings. The van der Waals surface area contributed by atoms with Gasteiger partial charge in [-0.25, -0.2) is 0 Å². The quantitative estimate of drug-likeness (QED) is 0.227. The van der Waals surface area contributed by atoms with E-state index in [1.165, 1.54) is 0 Å². The van der Waals surface area contributed by atoms with Crippen LogP contribution in [-0.4, -0.2) is 46.9 Å². The van der Waals surface area contributed by atoms with Crippen LogP contribution >= 0.6 is 0 Å². The zero-order valence-electron chi connectivity index (χ0n) is 26.9. The van der Waals surface area contributed by atoms with Crippen LogP contribution in [0.4, 0.5) is 0 Å². The lowest BCUT2D eigenvalue weighted by Gasteiger charge is -2.48. The topological polar surface area (TPSA) is 55.4 Å². The second-order valence-corrected chi connectivity index (χ2v) is 28.4. The van der Waals surface area contributed by atoms with Gasteiger partial charge in [0.25, 0.3) is 0 Å². The lowest BCUT2D eigenvalue weighted by Crippen LogP contribution is -2.63. The van der Waals surface area contributed by atoms with Gasteiger partial charge in [0.15, 0.2) is 25.0 Å². The summed E-state index contributed by atoms with van der Waals surface area (Å²) in [4.78, 5) is 0. The first-order chi connectivity index (χ1) is 15.8. The maximum Gasteiger partial charge on any atom is 0.604 e. The monoisotopic (exact) mass is 558 g/mol. The van der Waals surface area contributed by atoms with E-state index in [1.54, 1.807) is 0 Å². The van der Waals surface area contributed by atoms with Gasteiger partial charge < -0.3 is 26.7 Å². The zero-order chi connectivity index (χ0) is 28.7. The summed E-state index contributed by atoms with van der Waals surface area (Å²) in [7, 11) is -9.51. The Labute approximate surface area is 228 Å². The molecule has 0 saturated carbocycles. The van der Waals surface area contributed by atoms with E-state index in [1.807, 2.05) is 0 Å². The maximum absolute atomic E-state index is 6.65. The summed E-state index contributed by atoms with van der Waals surface area (Å²) < 4.78 is 38.5. The van der Waals surface area contributed by atoms with Crippen LogP contribution < -0.4 is 0 Å². The molecular weight excluding hydrogens is 501 g/mol. The van der Waals surface area contributed by atoms with Crippen molar-refractivity contribution in [2.24, 2.45) is 17.8 Å². The Morgan fingerprint density at radius 3 is 0.750 bits per heavy atom. The molecule has 210 valence electrons. The Balaban J connectivity index is 3.29. The van der Waals surface area contributed by atoms with Crippen molar-refractivity contribution in [3.8, 4) is 0 Å². The Bertz CT molecular complexity index is 629.